The predicted octanol–water partition coefficient (Wildman–Crippen LogP) is 2.95. The second-order valence-corrected chi connectivity index (χ2v) is 5.09. The van der Waals surface area contributed by atoms with E-state index in [-0.39, 0.29) is 23.2 Å². The summed E-state index contributed by atoms with van der Waals surface area (Å²) in [6.45, 7) is 1.78. The summed E-state index contributed by atoms with van der Waals surface area (Å²) >= 11 is 6.09. The number of aryl methyl sites for hydroxylation is 1. The highest BCUT2D eigenvalue weighted by Gasteiger charge is 2.18. The molecule has 3 rings (SSSR count). The van der Waals surface area contributed by atoms with Crippen molar-refractivity contribution in [2.24, 2.45) is 0 Å². The van der Waals surface area contributed by atoms with Gasteiger partial charge in [0.05, 0.1) is 17.6 Å². The zero-order chi connectivity index (χ0) is 15.9. The molecule has 0 aliphatic heterocycles. The van der Waals surface area contributed by atoms with Crippen LogP contribution in [0.1, 0.15) is 18.2 Å². The van der Waals surface area contributed by atoms with Crippen molar-refractivity contribution < 1.29 is 8.78 Å². The first-order chi connectivity index (χ1) is 10.5. The zero-order valence-corrected chi connectivity index (χ0v) is 12.4. The third-order valence-electron chi connectivity index (χ3n) is 3.34. The molecule has 0 saturated carbocycles. The number of aromatic nitrogens is 4. The molecule has 2 N–H and O–H groups in total. The highest BCUT2D eigenvalue weighted by molar-refractivity contribution is 6.34. The molecule has 5 nitrogen and oxygen atoms in total. The van der Waals surface area contributed by atoms with Crippen molar-refractivity contribution in [1.29, 1.82) is 0 Å². The minimum Gasteiger partial charge on any atom is -0.368 e. The number of nitrogens with two attached hydrogens (primary N) is 1. The van der Waals surface area contributed by atoms with Crippen LogP contribution in [0.15, 0.2) is 18.2 Å². The summed E-state index contributed by atoms with van der Waals surface area (Å²) in [4.78, 5) is 7.99. The van der Waals surface area contributed by atoms with Gasteiger partial charge in [0.2, 0.25) is 5.95 Å². The van der Waals surface area contributed by atoms with E-state index in [1.807, 2.05) is 6.92 Å². The fourth-order valence-corrected chi connectivity index (χ4v) is 2.59. The van der Waals surface area contributed by atoms with Crippen molar-refractivity contribution in [1.82, 2.24) is 19.7 Å². The highest BCUT2D eigenvalue weighted by Crippen LogP contribution is 2.26. The lowest BCUT2D eigenvalue weighted by molar-refractivity contribution is 0.535. The van der Waals surface area contributed by atoms with Gasteiger partial charge in [0.1, 0.15) is 16.8 Å². The lowest BCUT2D eigenvalue weighted by atomic mass is 10.2. The fourth-order valence-electron chi connectivity index (χ4n) is 2.31. The monoisotopic (exact) mass is 323 g/mol. The first-order valence-electron chi connectivity index (χ1n) is 6.62. The molecule has 0 unspecified atom stereocenters. The lowest BCUT2D eigenvalue weighted by Crippen LogP contribution is -2.08. The van der Waals surface area contributed by atoms with E-state index in [0.29, 0.717) is 23.1 Å². The third kappa shape index (κ3) is 2.37. The van der Waals surface area contributed by atoms with Gasteiger partial charge in [-0.25, -0.2) is 18.4 Å². The van der Waals surface area contributed by atoms with Crippen molar-refractivity contribution in [3.63, 3.8) is 0 Å². The Labute approximate surface area is 129 Å². The molecule has 0 aliphatic carbocycles. The molecule has 0 fully saturated rings. The Hall–Kier alpha value is -2.28. The van der Waals surface area contributed by atoms with Gasteiger partial charge in [-0.3, -0.25) is 0 Å². The molecule has 0 atom stereocenters. The number of fused-ring (bicyclic) bond motifs is 1. The zero-order valence-electron chi connectivity index (χ0n) is 11.6. The molecular formula is C14H12ClF2N5. The van der Waals surface area contributed by atoms with Crippen LogP contribution in [0.2, 0.25) is 5.15 Å². The van der Waals surface area contributed by atoms with Crippen LogP contribution in [0.25, 0.3) is 11.0 Å². The van der Waals surface area contributed by atoms with Gasteiger partial charge >= 0.3 is 0 Å². The first-order valence-corrected chi connectivity index (χ1v) is 7.00. The van der Waals surface area contributed by atoms with E-state index in [9.17, 15) is 8.78 Å². The van der Waals surface area contributed by atoms with Gasteiger partial charge in [-0.2, -0.15) is 10.1 Å². The Morgan fingerprint density at radius 3 is 2.55 bits per heavy atom. The molecule has 0 bridgehead atoms. The molecule has 114 valence electrons. The number of halogens is 3. The molecule has 22 heavy (non-hydrogen) atoms. The van der Waals surface area contributed by atoms with Gasteiger partial charge in [-0.1, -0.05) is 24.6 Å². The standard InChI is InChI=1S/C14H12ClF2N5/c1-2-10-11-12(15)19-14(18)20-13(11)22(21-10)6-7-8(16)4-3-5-9(7)17/h3-5H,2,6H2,1H3,(H2,18,19,20). The van der Waals surface area contributed by atoms with Crippen molar-refractivity contribution >= 4 is 28.6 Å². The van der Waals surface area contributed by atoms with E-state index in [4.69, 9.17) is 17.3 Å². The average molecular weight is 324 g/mol. The first kappa shape index (κ1) is 14.6. The van der Waals surface area contributed by atoms with Crippen LogP contribution in [-0.2, 0) is 13.0 Å². The molecule has 0 amide bonds. The van der Waals surface area contributed by atoms with E-state index in [1.54, 1.807) is 0 Å². The number of hydrogen-bond acceptors (Lipinski definition) is 4. The van der Waals surface area contributed by atoms with Crippen LogP contribution in [0.4, 0.5) is 14.7 Å². The minimum absolute atomic E-state index is 0.0182. The topological polar surface area (TPSA) is 69.6 Å². The number of rotatable bonds is 3. The van der Waals surface area contributed by atoms with E-state index < -0.39 is 11.6 Å². The Balaban J connectivity index is 2.19. The maximum absolute atomic E-state index is 13.8. The van der Waals surface area contributed by atoms with Gasteiger partial charge in [0.25, 0.3) is 0 Å². The molecule has 3 aromatic rings. The Bertz CT molecular complexity index is 842. The maximum atomic E-state index is 13.8. The van der Waals surface area contributed by atoms with E-state index >= 15 is 0 Å². The second kappa shape index (κ2) is 5.49. The molecule has 0 aliphatic rings. The summed E-state index contributed by atoms with van der Waals surface area (Å²) in [7, 11) is 0. The van der Waals surface area contributed by atoms with Gasteiger partial charge in [-0.05, 0) is 18.6 Å². The molecule has 2 aromatic heterocycles. The normalized spacial score (nSPS) is 11.3. The van der Waals surface area contributed by atoms with Crippen molar-refractivity contribution in [3.05, 3.63) is 46.2 Å². The van der Waals surface area contributed by atoms with Gasteiger partial charge in [-0.15, -0.1) is 0 Å². The van der Waals surface area contributed by atoms with Crippen LogP contribution < -0.4 is 5.73 Å². The van der Waals surface area contributed by atoms with Crippen LogP contribution in [-0.4, -0.2) is 19.7 Å². The molecule has 0 spiro atoms. The van der Waals surface area contributed by atoms with Crippen LogP contribution in [0.3, 0.4) is 0 Å². The maximum Gasteiger partial charge on any atom is 0.223 e. The Kier molecular flexibility index (Phi) is 3.66. The van der Waals surface area contributed by atoms with Crippen molar-refractivity contribution in [2.75, 3.05) is 5.73 Å². The Morgan fingerprint density at radius 2 is 1.91 bits per heavy atom. The Morgan fingerprint density at radius 1 is 1.23 bits per heavy atom. The van der Waals surface area contributed by atoms with E-state index in [0.717, 1.165) is 0 Å². The number of anilines is 1. The summed E-state index contributed by atoms with van der Waals surface area (Å²) in [6, 6.07) is 3.70. The SMILES string of the molecule is CCc1nn(Cc2c(F)cccc2F)c2nc(N)nc(Cl)c12. The van der Waals surface area contributed by atoms with Gasteiger partial charge in [0, 0.05) is 5.56 Å². The summed E-state index contributed by atoms with van der Waals surface area (Å²) < 4.78 is 29.0. The number of benzene rings is 1. The van der Waals surface area contributed by atoms with E-state index in [2.05, 4.69) is 15.1 Å². The van der Waals surface area contributed by atoms with Gasteiger partial charge in [0.15, 0.2) is 5.65 Å². The smallest absolute Gasteiger partial charge is 0.223 e. The molecule has 0 saturated heterocycles. The second-order valence-electron chi connectivity index (χ2n) is 4.73. The molecule has 1 aromatic carbocycles. The third-order valence-corrected chi connectivity index (χ3v) is 3.62. The number of nitrogen functional groups attached to an aromatic ring is 1. The quantitative estimate of drug-likeness (QED) is 0.752. The van der Waals surface area contributed by atoms with Crippen LogP contribution >= 0.6 is 11.6 Å². The molecule has 8 heteroatoms. The number of nitrogens with zero attached hydrogens (tertiary/aromatic N) is 4. The molecule has 0 radical (unpaired) electrons. The lowest BCUT2D eigenvalue weighted by Gasteiger charge is -2.06. The summed E-state index contributed by atoms with van der Waals surface area (Å²) in [5, 5.41) is 5.06. The van der Waals surface area contributed by atoms with Crippen LogP contribution in [0.5, 0.6) is 0 Å². The summed E-state index contributed by atoms with van der Waals surface area (Å²) in [5.41, 5.74) is 6.52. The summed E-state index contributed by atoms with van der Waals surface area (Å²) in [5.74, 6) is -1.31. The largest absolute Gasteiger partial charge is 0.368 e. The fraction of sp³-hybridized carbons (Fsp3) is 0.214. The predicted molar refractivity (Wildman–Crippen MR) is 79.6 cm³/mol. The highest BCUT2D eigenvalue weighted by atomic mass is 35.5. The minimum atomic E-state index is -0.644. The van der Waals surface area contributed by atoms with E-state index in [1.165, 1.54) is 22.9 Å². The van der Waals surface area contributed by atoms with Crippen LogP contribution in [0, 0.1) is 11.6 Å². The molecule has 2 heterocycles. The van der Waals surface area contributed by atoms with Crippen molar-refractivity contribution in [3.8, 4) is 0 Å². The number of hydrogen-bond donors (Lipinski definition) is 1. The van der Waals surface area contributed by atoms with Gasteiger partial charge < -0.3 is 5.73 Å². The average Bonchev–Trinajstić information content (AvgIpc) is 2.81. The summed E-state index contributed by atoms with van der Waals surface area (Å²) in [6.07, 6.45) is 0.580. The molecular weight excluding hydrogens is 312 g/mol. The van der Waals surface area contributed by atoms with Crippen molar-refractivity contribution in [2.45, 2.75) is 19.9 Å².